The van der Waals surface area contributed by atoms with Crippen LogP contribution in [0.1, 0.15) is 21.7 Å². The smallest absolute Gasteiger partial charge is 0.340 e. The Morgan fingerprint density at radius 2 is 1.88 bits per heavy atom. The molecule has 1 aromatic heterocycles. The molecule has 0 unspecified atom stereocenters. The van der Waals surface area contributed by atoms with Gasteiger partial charge in [-0.2, -0.15) is 0 Å². The molecule has 4 rings (SSSR count). The second kappa shape index (κ2) is 10.6. The van der Waals surface area contributed by atoms with Crippen molar-refractivity contribution in [2.75, 3.05) is 43.6 Å². The maximum absolute atomic E-state index is 12.5. The van der Waals surface area contributed by atoms with E-state index in [1.807, 2.05) is 37.3 Å². The van der Waals surface area contributed by atoms with E-state index in [9.17, 15) is 9.59 Å². The van der Waals surface area contributed by atoms with Crippen LogP contribution >= 0.6 is 11.6 Å². The fourth-order valence-corrected chi connectivity index (χ4v) is 3.83. The Bertz CT molecular complexity index is 1230. The molecule has 1 fully saturated rings. The number of morpholine rings is 1. The zero-order valence-corrected chi connectivity index (χ0v) is 19.7. The van der Waals surface area contributed by atoms with Crippen LogP contribution in [0.15, 0.2) is 59.0 Å². The normalized spacial score (nSPS) is 13.8. The topological polar surface area (TPSA) is 81.0 Å². The van der Waals surface area contributed by atoms with Gasteiger partial charge in [-0.05, 0) is 55.0 Å². The zero-order chi connectivity index (χ0) is 24.1. The molecule has 2 heterocycles. The van der Waals surface area contributed by atoms with Gasteiger partial charge in [0.1, 0.15) is 11.5 Å². The summed E-state index contributed by atoms with van der Waals surface area (Å²) in [6.45, 7) is 4.48. The Morgan fingerprint density at radius 3 is 2.62 bits per heavy atom. The summed E-state index contributed by atoms with van der Waals surface area (Å²) in [5.74, 6) is 0.363. The number of aryl methyl sites for hydroxylation is 1. The molecule has 8 heteroatoms. The number of amides is 1. The second-order valence-electron chi connectivity index (χ2n) is 7.81. The van der Waals surface area contributed by atoms with E-state index in [1.54, 1.807) is 24.3 Å². The number of hydrogen-bond acceptors (Lipinski definition) is 6. The number of rotatable bonds is 6. The number of carbonyl (C=O) groups excluding carboxylic acids is 2. The number of hydrogen-bond donors (Lipinski definition) is 1. The van der Waals surface area contributed by atoms with Crippen LogP contribution < -0.4 is 10.2 Å². The molecule has 0 aliphatic carbocycles. The summed E-state index contributed by atoms with van der Waals surface area (Å²) in [6, 6.07) is 14.5. The molecular weight excluding hydrogens is 456 g/mol. The molecule has 34 heavy (non-hydrogen) atoms. The molecule has 0 atom stereocenters. The van der Waals surface area contributed by atoms with Crippen molar-refractivity contribution in [2.24, 2.45) is 0 Å². The van der Waals surface area contributed by atoms with Crippen LogP contribution in [0.5, 0.6) is 0 Å². The van der Waals surface area contributed by atoms with Gasteiger partial charge in [-0.15, -0.1) is 0 Å². The van der Waals surface area contributed by atoms with Crippen molar-refractivity contribution in [1.82, 2.24) is 0 Å². The van der Waals surface area contributed by atoms with E-state index in [-0.39, 0.29) is 5.91 Å². The number of methoxy groups -OCH3 is 1. The molecule has 0 bridgehead atoms. The van der Waals surface area contributed by atoms with E-state index >= 15 is 0 Å². The lowest BCUT2D eigenvalue weighted by Gasteiger charge is -2.30. The highest BCUT2D eigenvalue weighted by molar-refractivity contribution is 6.31. The fraction of sp³-hybridized carbons (Fsp3) is 0.231. The molecule has 0 saturated carbocycles. The molecule has 1 aliphatic heterocycles. The molecule has 2 aromatic carbocycles. The van der Waals surface area contributed by atoms with Crippen molar-refractivity contribution in [2.45, 2.75) is 6.92 Å². The van der Waals surface area contributed by atoms with Crippen molar-refractivity contribution >= 4 is 40.9 Å². The van der Waals surface area contributed by atoms with Crippen LogP contribution in [0.3, 0.4) is 0 Å². The molecular formula is C26H25ClN2O5. The van der Waals surface area contributed by atoms with E-state index in [1.165, 1.54) is 13.2 Å². The predicted molar refractivity (Wildman–Crippen MR) is 132 cm³/mol. The number of esters is 1. The first-order valence-corrected chi connectivity index (χ1v) is 11.2. The third-order valence-corrected chi connectivity index (χ3v) is 5.91. The lowest BCUT2D eigenvalue weighted by molar-refractivity contribution is -0.111. The summed E-state index contributed by atoms with van der Waals surface area (Å²) in [5, 5.41) is 3.44. The van der Waals surface area contributed by atoms with E-state index < -0.39 is 5.97 Å². The monoisotopic (exact) mass is 480 g/mol. The minimum Gasteiger partial charge on any atom is -0.465 e. The molecule has 1 amide bonds. The molecule has 1 N–H and O–H groups in total. The molecule has 176 valence electrons. The van der Waals surface area contributed by atoms with Crippen LogP contribution in [0.25, 0.3) is 17.4 Å². The summed E-state index contributed by atoms with van der Waals surface area (Å²) in [5.41, 5.74) is 3.47. The fourth-order valence-electron chi connectivity index (χ4n) is 3.65. The second-order valence-corrected chi connectivity index (χ2v) is 8.22. The molecule has 0 radical (unpaired) electrons. The minimum absolute atomic E-state index is 0.355. The Kier molecular flexibility index (Phi) is 7.35. The molecule has 0 spiro atoms. The van der Waals surface area contributed by atoms with Crippen molar-refractivity contribution in [3.8, 4) is 11.3 Å². The van der Waals surface area contributed by atoms with Gasteiger partial charge >= 0.3 is 5.97 Å². The number of ether oxygens (including phenoxy) is 2. The molecule has 7 nitrogen and oxygen atoms in total. The Morgan fingerprint density at radius 1 is 1.09 bits per heavy atom. The van der Waals surface area contributed by atoms with Crippen molar-refractivity contribution in [3.63, 3.8) is 0 Å². The number of nitrogens with zero attached hydrogens (tertiary/aromatic N) is 1. The number of benzene rings is 2. The van der Waals surface area contributed by atoms with Gasteiger partial charge in [0.15, 0.2) is 0 Å². The van der Waals surface area contributed by atoms with Gasteiger partial charge in [0.25, 0.3) is 0 Å². The SMILES string of the molecule is COC(=O)c1cc(NC(=O)/C=C/c2ccc(-c3ccc(C)c(Cl)c3)o2)ccc1N1CCOCC1. The van der Waals surface area contributed by atoms with Gasteiger partial charge in [-0.3, -0.25) is 4.79 Å². The lowest BCUT2D eigenvalue weighted by Crippen LogP contribution is -2.37. The summed E-state index contributed by atoms with van der Waals surface area (Å²) in [7, 11) is 1.33. The number of anilines is 2. The quantitative estimate of drug-likeness (QED) is 0.386. The maximum Gasteiger partial charge on any atom is 0.340 e. The van der Waals surface area contributed by atoms with E-state index in [4.69, 9.17) is 25.5 Å². The summed E-state index contributed by atoms with van der Waals surface area (Å²) in [6.07, 6.45) is 2.95. The largest absolute Gasteiger partial charge is 0.465 e. The van der Waals surface area contributed by atoms with Crippen LogP contribution in [0.4, 0.5) is 11.4 Å². The molecule has 1 aliphatic rings. The predicted octanol–water partition coefficient (Wildman–Crippen LogP) is 5.18. The summed E-state index contributed by atoms with van der Waals surface area (Å²) >= 11 is 6.20. The third kappa shape index (κ3) is 5.50. The number of furan rings is 1. The third-order valence-electron chi connectivity index (χ3n) is 5.50. The van der Waals surface area contributed by atoms with E-state index in [0.717, 1.165) is 16.8 Å². The first kappa shape index (κ1) is 23.6. The standard InChI is InChI=1S/C26H25ClN2O5/c1-17-3-4-18(15-22(17)27)24-9-6-20(34-24)7-10-25(30)28-19-5-8-23(21(16-19)26(31)32-2)29-11-13-33-14-12-29/h3-10,15-16H,11-14H2,1-2H3,(H,28,30)/b10-7+. The first-order valence-electron chi connectivity index (χ1n) is 10.8. The zero-order valence-electron chi connectivity index (χ0n) is 19.0. The van der Waals surface area contributed by atoms with Crippen molar-refractivity contribution < 1.29 is 23.5 Å². The van der Waals surface area contributed by atoms with Gasteiger partial charge in [0.05, 0.1) is 31.6 Å². The van der Waals surface area contributed by atoms with Crippen LogP contribution in [0, 0.1) is 6.92 Å². The average molecular weight is 481 g/mol. The van der Waals surface area contributed by atoms with Gasteiger partial charge < -0.3 is 24.1 Å². The highest BCUT2D eigenvalue weighted by atomic mass is 35.5. The number of carbonyl (C=O) groups is 2. The summed E-state index contributed by atoms with van der Waals surface area (Å²) in [4.78, 5) is 26.9. The highest BCUT2D eigenvalue weighted by Gasteiger charge is 2.20. The van der Waals surface area contributed by atoms with Gasteiger partial charge in [0, 0.05) is 35.4 Å². The minimum atomic E-state index is -0.465. The molecule has 1 saturated heterocycles. The van der Waals surface area contributed by atoms with E-state index in [2.05, 4.69) is 10.2 Å². The van der Waals surface area contributed by atoms with Crippen molar-refractivity contribution in [3.05, 3.63) is 76.5 Å². The van der Waals surface area contributed by atoms with Crippen molar-refractivity contribution in [1.29, 1.82) is 0 Å². The summed E-state index contributed by atoms with van der Waals surface area (Å²) < 4.78 is 16.1. The number of nitrogens with one attached hydrogen (secondary N) is 1. The van der Waals surface area contributed by atoms with E-state index in [0.29, 0.717) is 54.1 Å². The van der Waals surface area contributed by atoms with Gasteiger partial charge in [0.2, 0.25) is 5.91 Å². The lowest BCUT2D eigenvalue weighted by atomic mass is 10.1. The maximum atomic E-state index is 12.5. The Hall–Kier alpha value is -3.55. The molecule has 3 aromatic rings. The van der Waals surface area contributed by atoms with Crippen LogP contribution in [-0.2, 0) is 14.3 Å². The van der Waals surface area contributed by atoms with Gasteiger partial charge in [-0.25, -0.2) is 4.79 Å². The first-order chi connectivity index (χ1) is 16.4. The Labute approximate surface area is 202 Å². The van der Waals surface area contributed by atoms with Crippen LogP contribution in [0.2, 0.25) is 5.02 Å². The average Bonchev–Trinajstić information content (AvgIpc) is 3.33. The number of halogens is 1. The van der Waals surface area contributed by atoms with Gasteiger partial charge in [-0.1, -0.05) is 23.7 Å². The van der Waals surface area contributed by atoms with Crippen LogP contribution in [-0.4, -0.2) is 45.3 Å². The highest BCUT2D eigenvalue weighted by Crippen LogP contribution is 2.28. The Balaban J connectivity index is 1.45.